The van der Waals surface area contributed by atoms with Crippen molar-refractivity contribution < 1.29 is 0 Å². The zero-order valence-electron chi connectivity index (χ0n) is 11.6. The van der Waals surface area contributed by atoms with Gasteiger partial charge in [0.2, 0.25) is 0 Å². The van der Waals surface area contributed by atoms with Crippen LogP contribution in [0.3, 0.4) is 0 Å². The van der Waals surface area contributed by atoms with E-state index in [1.807, 2.05) is 11.8 Å². The van der Waals surface area contributed by atoms with Crippen molar-refractivity contribution >= 4 is 59.6 Å². The zero-order chi connectivity index (χ0) is 15.1. The first-order chi connectivity index (χ1) is 10.2. The van der Waals surface area contributed by atoms with E-state index in [0.717, 1.165) is 27.3 Å². The van der Waals surface area contributed by atoms with Gasteiger partial charge in [-0.25, -0.2) is 0 Å². The highest BCUT2D eigenvalue weighted by Crippen LogP contribution is 2.35. The molecule has 0 aromatic heterocycles. The second-order valence-electron chi connectivity index (χ2n) is 4.97. The SMILES string of the molecule is BrCC(CBr)(CCSc1ccccc1)c1cccc(Br)c1. The maximum Gasteiger partial charge on any atom is 0.0178 e. The number of rotatable bonds is 7. The van der Waals surface area contributed by atoms with Crippen LogP contribution in [-0.2, 0) is 5.41 Å². The average Bonchev–Trinajstić information content (AvgIpc) is 2.53. The van der Waals surface area contributed by atoms with E-state index in [4.69, 9.17) is 0 Å². The van der Waals surface area contributed by atoms with Crippen LogP contribution in [0.15, 0.2) is 64.0 Å². The van der Waals surface area contributed by atoms with Crippen LogP contribution >= 0.6 is 59.6 Å². The smallest absolute Gasteiger partial charge is 0.0178 e. The van der Waals surface area contributed by atoms with Gasteiger partial charge in [0, 0.05) is 25.4 Å². The van der Waals surface area contributed by atoms with Gasteiger partial charge in [-0.1, -0.05) is 78.1 Å². The number of hydrogen-bond donors (Lipinski definition) is 0. The molecule has 0 bridgehead atoms. The Morgan fingerprint density at radius 3 is 2.24 bits per heavy atom. The molecule has 2 rings (SSSR count). The lowest BCUT2D eigenvalue weighted by Crippen LogP contribution is -2.31. The first kappa shape index (κ1) is 17.6. The largest absolute Gasteiger partial charge is 0.126 e. The number of halogens is 3. The molecule has 21 heavy (non-hydrogen) atoms. The van der Waals surface area contributed by atoms with Gasteiger partial charge in [0.05, 0.1) is 0 Å². The van der Waals surface area contributed by atoms with Gasteiger partial charge in [-0.05, 0) is 42.0 Å². The maximum atomic E-state index is 3.73. The molecule has 0 aliphatic rings. The summed E-state index contributed by atoms with van der Waals surface area (Å²) in [4.78, 5) is 1.34. The highest BCUT2D eigenvalue weighted by molar-refractivity contribution is 9.10. The Bertz CT molecular complexity index is 553. The zero-order valence-corrected chi connectivity index (χ0v) is 17.1. The fraction of sp³-hybridized carbons (Fsp3) is 0.294. The summed E-state index contributed by atoms with van der Waals surface area (Å²) in [6, 6.07) is 19.3. The third-order valence-electron chi connectivity index (χ3n) is 3.54. The lowest BCUT2D eigenvalue weighted by atomic mass is 9.82. The van der Waals surface area contributed by atoms with Crippen molar-refractivity contribution in [2.45, 2.75) is 16.7 Å². The highest BCUT2D eigenvalue weighted by atomic mass is 79.9. The minimum absolute atomic E-state index is 0.131. The molecule has 0 N–H and O–H groups in total. The van der Waals surface area contributed by atoms with Crippen molar-refractivity contribution in [2.24, 2.45) is 0 Å². The maximum absolute atomic E-state index is 3.73. The van der Waals surface area contributed by atoms with Crippen LogP contribution in [0.5, 0.6) is 0 Å². The van der Waals surface area contributed by atoms with E-state index in [0.29, 0.717) is 0 Å². The van der Waals surface area contributed by atoms with Crippen molar-refractivity contribution in [2.75, 3.05) is 16.4 Å². The molecule has 0 aliphatic carbocycles. The van der Waals surface area contributed by atoms with Gasteiger partial charge in [-0.3, -0.25) is 0 Å². The molecule has 0 radical (unpaired) electrons. The van der Waals surface area contributed by atoms with Crippen molar-refractivity contribution in [3.05, 3.63) is 64.6 Å². The van der Waals surface area contributed by atoms with Gasteiger partial charge < -0.3 is 0 Å². The topological polar surface area (TPSA) is 0 Å². The van der Waals surface area contributed by atoms with Crippen LogP contribution in [0.4, 0.5) is 0 Å². The summed E-state index contributed by atoms with van der Waals surface area (Å²) in [5, 5.41) is 1.91. The van der Waals surface area contributed by atoms with E-state index in [1.165, 1.54) is 10.5 Å². The second kappa shape index (κ2) is 8.76. The Hall–Kier alpha value is 0.230. The molecule has 0 aliphatic heterocycles. The predicted molar refractivity (Wildman–Crippen MR) is 105 cm³/mol. The average molecular weight is 493 g/mol. The molecule has 0 amide bonds. The molecule has 0 saturated carbocycles. The molecule has 0 nitrogen and oxygen atoms in total. The summed E-state index contributed by atoms with van der Waals surface area (Å²) < 4.78 is 1.14. The first-order valence-corrected chi connectivity index (χ1v) is 10.8. The van der Waals surface area contributed by atoms with Gasteiger partial charge in [-0.15, -0.1) is 11.8 Å². The Morgan fingerprint density at radius 2 is 1.62 bits per heavy atom. The summed E-state index contributed by atoms with van der Waals surface area (Å²) >= 11 is 13.0. The molecule has 0 heterocycles. The lowest BCUT2D eigenvalue weighted by Gasteiger charge is -2.31. The van der Waals surface area contributed by atoms with Gasteiger partial charge in [0.25, 0.3) is 0 Å². The summed E-state index contributed by atoms with van der Waals surface area (Å²) in [5.74, 6) is 1.10. The molecular weight excluding hydrogens is 476 g/mol. The Balaban J connectivity index is 2.08. The molecule has 0 unspecified atom stereocenters. The van der Waals surface area contributed by atoms with Gasteiger partial charge in [0.15, 0.2) is 0 Å². The second-order valence-corrected chi connectivity index (χ2v) is 8.17. The monoisotopic (exact) mass is 490 g/mol. The minimum atomic E-state index is 0.131. The van der Waals surface area contributed by atoms with Crippen LogP contribution in [0, 0.1) is 0 Å². The van der Waals surface area contributed by atoms with Crippen LogP contribution < -0.4 is 0 Å². The van der Waals surface area contributed by atoms with Crippen molar-refractivity contribution in [3.63, 3.8) is 0 Å². The summed E-state index contributed by atoms with van der Waals surface area (Å²) in [6.07, 6.45) is 1.12. The van der Waals surface area contributed by atoms with E-state index < -0.39 is 0 Å². The molecule has 4 heteroatoms. The Morgan fingerprint density at radius 1 is 0.905 bits per heavy atom. The quantitative estimate of drug-likeness (QED) is 0.307. The molecule has 112 valence electrons. The van der Waals surface area contributed by atoms with Gasteiger partial charge in [0.1, 0.15) is 0 Å². The highest BCUT2D eigenvalue weighted by Gasteiger charge is 2.29. The van der Waals surface area contributed by atoms with E-state index >= 15 is 0 Å². The first-order valence-electron chi connectivity index (χ1n) is 6.76. The minimum Gasteiger partial charge on any atom is -0.126 e. The molecule has 2 aromatic rings. The van der Waals surface area contributed by atoms with Crippen LogP contribution in [0.2, 0.25) is 0 Å². The summed E-state index contributed by atoms with van der Waals surface area (Å²) in [7, 11) is 0. The van der Waals surface area contributed by atoms with E-state index in [-0.39, 0.29) is 5.41 Å². The third-order valence-corrected chi connectivity index (χ3v) is 7.19. The van der Waals surface area contributed by atoms with Crippen molar-refractivity contribution in [3.8, 4) is 0 Å². The van der Waals surface area contributed by atoms with E-state index in [9.17, 15) is 0 Å². The molecule has 0 saturated heterocycles. The normalized spacial score (nSPS) is 11.6. The van der Waals surface area contributed by atoms with Crippen LogP contribution in [0.1, 0.15) is 12.0 Å². The Labute approximate surface area is 156 Å². The van der Waals surface area contributed by atoms with Gasteiger partial charge in [-0.2, -0.15) is 0 Å². The van der Waals surface area contributed by atoms with Crippen molar-refractivity contribution in [1.82, 2.24) is 0 Å². The molecular formula is C17H17Br3S. The predicted octanol–water partition coefficient (Wildman–Crippen LogP) is 6.66. The van der Waals surface area contributed by atoms with Crippen molar-refractivity contribution in [1.29, 1.82) is 0 Å². The van der Waals surface area contributed by atoms with Crippen LogP contribution in [-0.4, -0.2) is 16.4 Å². The fourth-order valence-corrected chi connectivity index (χ4v) is 5.78. The Kier molecular flexibility index (Phi) is 7.33. The molecule has 0 atom stereocenters. The fourth-order valence-electron chi connectivity index (χ4n) is 2.17. The van der Waals surface area contributed by atoms with E-state index in [1.54, 1.807) is 0 Å². The molecule has 0 fully saturated rings. The van der Waals surface area contributed by atoms with Crippen LogP contribution in [0.25, 0.3) is 0 Å². The standard InChI is InChI=1S/C17H17Br3S/c18-12-17(13-19,14-5-4-6-15(20)11-14)9-10-21-16-7-2-1-3-8-16/h1-8,11H,9-10,12-13H2. The third kappa shape index (κ3) is 4.85. The molecule has 2 aromatic carbocycles. The number of alkyl halides is 2. The molecule has 0 spiro atoms. The summed E-state index contributed by atoms with van der Waals surface area (Å²) in [5.41, 5.74) is 1.50. The van der Waals surface area contributed by atoms with Gasteiger partial charge >= 0.3 is 0 Å². The number of benzene rings is 2. The number of hydrogen-bond acceptors (Lipinski definition) is 1. The summed E-state index contributed by atoms with van der Waals surface area (Å²) in [6.45, 7) is 0. The number of thioether (sulfide) groups is 1. The van der Waals surface area contributed by atoms with E-state index in [2.05, 4.69) is 102 Å². The lowest BCUT2D eigenvalue weighted by molar-refractivity contribution is 0.538.